The van der Waals surface area contributed by atoms with E-state index < -0.39 is 11.7 Å². The lowest BCUT2D eigenvalue weighted by atomic mass is 10.0. The summed E-state index contributed by atoms with van der Waals surface area (Å²) in [5.41, 5.74) is 5.56. The molecule has 6 heteroatoms. The number of piperidine rings is 1. The molecule has 0 bridgehead atoms. The van der Waals surface area contributed by atoms with Crippen LogP contribution >= 0.6 is 0 Å². The zero-order valence-corrected chi connectivity index (χ0v) is 11.4. The Bertz CT molecular complexity index is 454. The fourth-order valence-corrected chi connectivity index (χ4v) is 2.55. The number of rotatable bonds is 3. The molecule has 0 spiro atoms. The first kappa shape index (κ1) is 15.1. The van der Waals surface area contributed by atoms with E-state index in [-0.39, 0.29) is 18.3 Å². The highest BCUT2D eigenvalue weighted by Gasteiger charge is 2.35. The van der Waals surface area contributed by atoms with E-state index in [2.05, 4.69) is 0 Å². The van der Waals surface area contributed by atoms with Gasteiger partial charge in [0.05, 0.1) is 11.7 Å². The minimum Gasteiger partial charge on any atom is -0.381 e. The second-order valence-electron chi connectivity index (χ2n) is 4.98. The third-order valence-electron chi connectivity index (χ3n) is 3.72. The van der Waals surface area contributed by atoms with Crippen LogP contribution in [0, 0.1) is 0 Å². The van der Waals surface area contributed by atoms with Gasteiger partial charge in [-0.1, -0.05) is 6.07 Å². The number of alkyl halides is 3. The Hall–Kier alpha value is -1.27. The van der Waals surface area contributed by atoms with E-state index in [1.54, 1.807) is 18.1 Å². The van der Waals surface area contributed by atoms with Gasteiger partial charge in [0.2, 0.25) is 0 Å². The van der Waals surface area contributed by atoms with Crippen LogP contribution in [0.25, 0.3) is 0 Å². The Morgan fingerprint density at radius 3 is 2.45 bits per heavy atom. The van der Waals surface area contributed by atoms with Crippen LogP contribution in [0.1, 0.15) is 24.0 Å². The largest absolute Gasteiger partial charge is 0.418 e. The zero-order valence-electron chi connectivity index (χ0n) is 11.4. The normalized spacial score (nSPS) is 17.6. The molecule has 1 fully saturated rings. The molecule has 0 radical (unpaired) electrons. The first-order chi connectivity index (χ1) is 9.45. The van der Waals surface area contributed by atoms with Crippen LogP contribution in [0.4, 0.5) is 18.9 Å². The number of halogens is 3. The molecule has 0 unspecified atom stereocenters. The molecule has 1 aliphatic rings. The van der Waals surface area contributed by atoms with Gasteiger partial charge in [-0.3, -0.25) is 0 Å². The van der Waals surface area contributed by atoms with Crippen molar-refractivity contribution in [3.05, 3.63) is 29.3 Å². The smallest absolute Gasteiger partial charge is 0.381 e. The predicted molar refractivity (Wildman–Crippen MR) is 71.6 cm³/mol. The lowest BCUT2D eigenvalue weighted by Crippen LogP contribution is -2.37. The van der Waals surface area contributed by atoms with Crippen molar-refractivity contribution in [3.63, 3.8) is 0 Å². The van der Waals surface area contributed by atoms with Crippen molar-refractivity contribution >= 4 is 5.69 Å². The summed E-state index contributed by atoms with van der Waals surface area (Å²) in [5.74, 6) is 0. The Morgan fingerprint density at radius 1 is 1.30 bits per heavy atom. The average molecular weight is 288 g/mol. The van der Waals surface area contributed by atoms with E-state index in [0.717, 1.165) is 18.9 Å². The van der Waals surface area contributed by atoms with Gasteiger partial charge >= 0.3 is 6.18 Å². The zero-order chi connectivity index (χ0) is 14.8. The average Bonchev–Trinajstić information content (AvgIpc) is 2.46. The maximum Gasteiger partial charge on any atom is 0.418 e. The predicted octanol–water partition coefficient (Wildman–Crippen LogP) is 2.78. The molecule has 112 valence electrons. The number of methoxy groups -OCH3 is 1. The monoisotopic (exact) mass is 288 g/mol. The number of hydrogen-bond acceptors (Lipinski definition) is 3. The summed E-state index contributed by atoms with van der Waals surface area (Å²) in [6, 6.07) is 4.34. The number of hydrogen-bond donors (Lipinski definition) is 1. The molecule has 20 heavy (non-hydrogen) atoms. The minimum absolute atomic E-state index is 0.106. The molecular formula is C14H19F3N2O. The van der Waals surface area contributed by atoms with Gasteiger partial charge in [0, 0.05) is 32.4 Å². The van der Waals surface area contributed by atoms with E-state index in [9.17, 15) is 13.2 Å². The summed E-state index contributed by atoms with van der Waals surface area (Å²) in [6.45, 7) is 1.25. The molecular weight excluding hydrogens is 269 g/mol. The lowest BCUT2D eigenvalue weighted by molar-refractivity contribution is -0.137. The summed E-state index contributed by atoms with van der Waals surface area (Å²) in [5, 5.41) is 0. The molecule has 3 nitrogen and oxygen atoms in total. The third kappa shape index (κ3) is 3.24. The van der Waals surface area contributed by atoms with Crippen molar-refractivity contribution in [2.45, 2.75) is 31.7 Å². The van der Waals surface area contributed by atoms with Crippen LogP contribution in [0.2, 0.25) is 0 Å². The molecule has 1 aromatic rings. The second kappa shape index (κ2) is 6.01. The maximum absolute atomic E-state index is 13.2. The summed E-state index contributed by atoms with van der Waals surface area (Å²) in [6.07, 6.45) is -2.73. The van der Waals surface area contributed by atoms with E-state index in [4.69, 9.17) is 10.5 Å². The molecule has 0 saturated carbocycles. The highest BCUT2D eigenvalue weighted by Crippen LogP contribution is 2.38. The molecule has 1 aliphatic heterocycles. The summed E-state index contributed by atoms with van der Waals surface area (Å²) in [7, 11) is 1.64. The molecule has 2 N–H and O–H groups in total. The Kier molecular flexibility index (Phi) is 4.55. The van der Waals surface area contributed by atoms with Crippen molar-refractivity contribution in [1.29, 1.82) is 0 Å². The number of ether oxygens (including phenoxy) is 1. The summed E-state index contributed by atoms with van der Waals surface area (Å²) in [4.78, 5) is 1.78. The van der Waals surface area contributed by atoms with Crippen LogP contribution in [0.15, 0.2) is 18.2 Å². The molecule has 1 heterocycles. The Balaban J connectivity index is 2.27. The molecule has 1 saturated heterocycles. The van der Waals surface area contributed by atoms with Gasteiger partial charge in [-0.2, -0.15) is 13.2 Å². The van der Waals surface area contributed by atoms with Crippen molar-refractivity contribution in [1.82, 2.24) is 0 Å². The topological polar surface area (TPSA) is 38.5 Å². The summed E-state index contributed by atoms with van der Waals surface area (Å²) < 4.78 is 44.8. The Labute approximate surface area is 116 Å². The van der Waals surface area contributed by atoms with Crippen molar-refractivity contribution < 1.29 is 17.9 Å². The number of benzene rings is 1. The maximum atomic E-state index is 13.2. The SMILES string of the molecule is COC1CCN(c2ccc(CN)cc2C(F)(F)F)CC1. The quantitative estimate of drug-likeness (QED) is 0.929. The lowest BCUT2D eigenvalue weighted by Gasteiger charge is -2.34. The Morgan fingerprint density at radius 2 is 1.95 bits per heavy atom. The van der Waals surface area contributed by atoms with Crippen LogP contribution in [0.5, 0.6) is 0 Å². The number of anilines is 1. The van der Waals surface area contributed by atoms with Gasteiger partial charge < -0.3 is 15.4 Å². The van der Waals surface area contributed by atoms with Crippen molar-refractivity contribution in [3.8, 4) is 0 Å². The summed E-state index contributed by atoms with van der Waals surface area (Å²) >= 11 is 0. The molecule has 0 aromatic heterocycles. The van der Waals surface area contributed by atoms with Gasteiger partial charge in [-0.15, -0.1) is 0 Å². The van der Waals surface area contributed by atoms with E-state index in [1.165, 1.54) is 6.07 Å². The minimum atomic E-state index is -4.36. The van der Waals surface area contributed by atoms with Crippen molar-refractivity contribution in [2.24, 2.45) is 5.73 Å². The molecule has 1 aromatic carbocycles. The first-order valence-electron chi connectivity index (χ1n) is 6.63. The van der Waals surface area contributed by atoms with Gasteiger partial charge in [0.1, 0.15) is 0 Å². The van der Waals surface area contributed by atoms with Gasteiger partial charge in [0.15, 0.2) is 0 Å². The van der Waals surface area contributed by atoms with Crippen LogP contribution in [-0.2, 0) is 17.5 Å². The van der Waals surface area contributed by atoms with Crippen LogP contribution in [-0.4, -0.2) is 26.3 Å². The fraction of sp³-hybridized carbons (Fsp3) is 0.571. The molecule has 0 atom stereocenters. The van der Waals surface area contributed by atoms with Gasteiger partial charge in [0.25, 0.3) is 0 Å². The van der Waals surface area contributed by atoms with Gasteiger partial charge in [-0.25, -0.2) is 0 Å². The standard InChI is InChI=1S/C14H19F3N2O/c1-20-11-4-6-19(7-5-11)13-3-2-10(9-18)8-12(13)14(15,16)17/h2-3,8,11H,4-7,9,18H2,1H3. The fourth-order valence-electron chi connectivity index (χ4n) is 2.55. The third-order valence-corrected chi connectivity index (χ3v) is 3.72. The van der Waals surface area contributed by atoms with Crippen LogP contribution < -0.4 is 10.6 Å². The molecule has 2 rings (SSSR count). The first-order valence-corrected chi connectivity index (χ1v) is 6.63. The molecule has 0 aliphatic carbocycles. The van der Waals surface area contributed by atoms with Crippen molar-refractivity contribution in [2.75, 3.05) is 25.1 Å². The van der Waals surface area contributed by atoms with E-state index >= 15 is 0 Å². The molecule has 0 amide bonds. The van der Waals surface area contributed by atoms with Gasteiger partial charge in [-0.05, 0) is 30.5 Å². The highest BCUT2D eigenvalue weighted by molar-refractivity contribution is 5.56. The number of nitrogens with two attached hydrogens (primary N) is 1. The number of nitrogens with zero attached hydrogens (tertiary/aromatic N) is 1. The van der Waals surface area contributed by atoms with E-state index in [0.29, 0.717) is 18.7 Å². The second-order valence-corrected chi connectivity index (χ2v) is 4.98. The van der Waals surface area contributed by atoms with Crippen LogP contribution in [0.3, 0.4) is 0 Å². The highest BCUT2D eigenvalue weighted by atomic mass is 19.4. The van der Waals surface area contributed by atoms with E-state index in [1.807, 2.05) is 0 Å².